The second-order valence-electron chi connectivity index (χ2n) is 5.97. The molecular weight excluding hydrogens is 344 g/mol. The largest absolute Gasteiger partial charge is 0.437 e. The van der Waals surface area contributed by atoms with Crippen LogP contribution in [0.4, 0.5) is 0 Å². The van der Waals surface area contributed by atoms with Gasteiger partial charge in [-0.15, -0.1) is 0 Å². The molecule has 0 amide bonds. The quantitative estimate of drug-likeness (QED) is 0.360. The van der Waals surface area contributed by atoms with Crippen molar-refractivity contribution in [3.05, 3.63) is 0 Å². The molecule has 144 valence electrons. The third-order valence-corrected chi connectivity index (χ3v) is 4.32. The fourth-order valence-corrected chi connectivity index (χ4v) is 2.76. The lowest BCUT2D eigenvalue weighted by molar-refractivity contribution is -0.372. The van der Waals surface area contributed by atoms with Crippen molar-refractivity contribution >= 4 is 12.9 Å². The molecule has 2 saturated heterocycles. The SMILES string of the molecule is CC1OC(OC=O)C(OC2OC(OC=O)C(C)C(O)C2O)C(O)C1O. The van der Waals surface area contributed by atoms with Crippen LogP contribution in [0.2, 0.25) is 0 Å². The third-order valence-electron chi connectivity index (χ3n) is 4.32. The molecule has 10 unspecified atom stereocenters. The summed E-state index contributed by atoms with van der Waals surface area (Å²) >= 11 is 0. The molecule has 0 bridgehead atoms. The predicted octanol–water partition coefficient (Wildman–Crippen LogP) is -2.78. The maximum Gasteiger partial charge on any atom is 0.295 e. The molecule has 11 heteroatoms. The van der Waals surface area contributed by atoms with E-state index >= 15 is 0 Å². The Morgan fingerprint density at radius 1 is 0.760 bits per heavy atom. The van der Waals surface area contributed by atoms with Crippen LogP contribution in [0.1, 0.15) is 13.8 Å². The molecule has 2 heterocycles. The molecule has 2 fully saturated rings. The average Bonchev–Trinajstić information content (AvgIpc) is 2.58. The minimum atomic E-state index is -1.55. The number of carbonyl (C=O) groups is 2. The van der Waals surface area contributed by atoms with Crippen LogP contribution in [0, 0.1) is 5.92 Å². The molecule has 0 aromatic rings. The van der Waals surface area contributed by atoms with E-state index in [-0.39, 0.29) is 12.9 Å². The number of hydrogen-bond acceptors (Lipinski definition) is 11. The molecule has 11 nitrogen and oxygen atoms in total. The van der Waals surface area contributed by atoms with E-state index in [9.17, 15) is 30.0 Å². The van der Waals surface area contributed by atoms with Crippen LogP contribution in [0.15, 0.2) is 0 Å². The molecule has 2 aliphatic heterocycles. The van der Waals surface area contributed by atoms with E-state index in [1.54, 1.807) is 0 Å². The van der Waals surface area contributed by atoms with Gasteiger partial charge in [-0.2, -0.15) is 0 Å². The van der Waals surface area contributed by atoms with Crippen LogP contribution >= 0.6 is 0 Å². The molecule has 0 aliphatic carbocycles. The van der Waals surface area contributed by atoms with Crippen LogP contribution in [0.25, 0.3) is 0 Å². The number of aliphatic hydroxyl groups excluding tert-OH is 4. The average molecular weight is 366 g/mol. The van der Waals surface area contributed by atoms with Crippen LogP contribution < -0.4 is 0 Å². The van der Waals surface area contributed by atoms with Gasteiger partial charge in [0.1, 0.15) is 18.3 Å². The van der Waals surface area contributed by atoms with Crippen molar-refractivity contribution in [2.75, 3.05) is 0 Å². The van der Waals surface area contributed by atoms with Crippen molar-refractivity contribution < 1.29 is 53.7 Å². The van der Waals surface area contributed by atoms with Gasteiger partial charge in [-0.25, -0.2) is 0 Å². The zero-order valence-corrected chi connectivity index (χ0v) is 13.6. The molecule has 0 aromatic carbocycles. The van der Waals surface area contributed by atoms with Crippen molar-refractivity contribution in [3.8, 4) is 0 Å². The Labute approximate surface area is 143 Å². The van der Waals surface area contributed by atoms with E-state index in [1.165, 1.54) is 13.8 Å². The summed E-state index contributed by atoms with van der Waals surface area (Å²) in [6.45, 7) is 3.13. The van der Waals surface area contributed by atoms with Crippen LogP contribution in [-0.2, 0) is 33.3 Å². The lowest BCUT2D eigenvalue weighted by Crippen LogP contribution is -2.62. The first-order valence-electron chi connectivity index (χ1n) is 7.68. The summed E-state index contributed by atoms with van der Waals surface area (Å²) < 4.78 is 25.3. The van der Waals surface area contributed by atoms with Gasteiger partial charge in [-0.1, -0.05) is 6.92 Å². The first-order chi connectivity index (χ1) is 11.8. The number of aliphatic hydroxyl groups is 4. The highest BCUT2D eigenvalue weighted by atomic mass is 16.8. The van der Waals surface area contributed by atoms with E-state index in [4.69, 9.17) is 18.9 Å². The molecule has 10 atom stereocenters. The van der Waals surface area contributed by atoms with Gasteiger partial charge in [-0.05, 0) is 6.92 Å². The smallest absolute Gasteiger partial charge is 0.295 e. The van der Waals surface area contributed by atoms with Crippen molar-refractivity contribution in [2.45, 2.75) is 69.3 Å². The van der Waals surface area contributed by atoms with Gasteiger partial charge in [0.05, 0.1) is 12.2 Å². The molecular formula is C14H22O11. The Hall–Kier alpha value is -1.34. The molecule has 25 heavy (non-hydrogen) atoms. The number of rotatable bonds is 6. The Balaban J connectivity index is 2.15. The topological polar surface area (TPSA) is 161 Å². The summed E-state index contributed by atoms with van der Waals surface area (Å²) in [5.41, 5.74) is 0. The van der Waals surface area contributed by atoms with Gasteiger partial charge in [0, 0.05) is 5.92 Å². The van der Waals surface area contributed by atoms with Crippen LogP contribution in [0.5, 0.6) is 0 Å². The number of hydrogen-bond donors (Lipinski definition) is 4. The highest BCUT2D eigenvalue weighted by Gasteiger charge is 2.50. The van der Waals surface area contributed by atoms with E-state index in [1.807, 2.05) is 0 Å². The minimum Gasteiger partial charge on any atom is -0.437 e. The summed E-state index contributed by atoms with van der Waals surface area (Å²) in [6, 6.07) is 0. The Kier molecular flexibility index (Phi) is 6.68. The monoisotopic (exact) mass is 366 g/mol. The zero-order valence-electron chi connectivity index (χ0n) is 13.6. The van der Waals surface area contributed by atoms with Gasteiger partial charge < -0.3 is 44.1 Å². The fourth-order valence-electron chi connectivity index (χ4n) is 2.76. The first kappa shape index (κ1) is 20.0. The molecule has 0 radical (unpaired) electrons. The molecule has 4 N–H and O–H groups in total. The van der Waals surface area contributed by atoms with Gasteiger partial charge >= 0.3 is 0 Å². The summed E-state index contributed by atoms with van der Waals surface area (Å²) in [4.78, 5) is 21.2. The first-order valence-corrected chi connectivity index (χ1v) is 7.68. The van der Waals surface area contributed by atoms with E-state index in [0.29, 0.717) is 0 Å². The normalized spacial score (nSPS) is 47.8. The standard InChI is InChI=1S/C14H22O11/c1-5-7(17)10(20)13(25-12(5)21-3-15)24-11-9(19)8(18)6(2)23-14(11)22-4-16/h3-14,17-20H,1-2H3. The number of ether oxygens (including phenoxy) is 5. The van der Waals surface area contributed by atoms with Gasteiger partial charge in [0.15, 0.2) is 12.4 Å². The highest BCUT2D eigenvalue weighted by Crippen LogP contribution is 2.31. The fraction of sp³-hybridized carbons (Fsp3) is 0.857. The molecule has 0 aromatic heterocycles. The molecule has 2 rings (SSSR count). The molecule has 0 spiro atoms. The lowest BCUT2D eigenvalue weighted by atomic mass is 9.95. The Bertz CT molecular complexity index is 460. The second kappa shape index (κ2) is 8.36. The van der Waals surface area contributed by atoms with Crippen molar-refractivity contribution in [2.24, 2.45) is 5.92 Å². The highest BCUT2D eigenvalue weighted by molar-refractivity contribution is 5.37. The molecule has 0 saturated carbocycles. The van der Waals surface area contributed by atoms with E-state index in [0.717, 1.165) is 0 Å². The summed E-state index contributed by atoms with van der Waals surface area (Å²) in [6.07, 6.45) is -12.2. The summed E-state index contributed by atoms with van der Waals surface area (Å²) in [5.74, 6) is -0.750. The minimum absolute atomic E-state index is 0.0750. The maximum absolute atomic E-state index is 10.6. The Morgan fingerprint density at radius 2 is 1.36 bits per heavy atom. The predicted molar refractivity (Wildman–Crippen MR) is 75.4 cm³/mol. The molecule has 2 aliphatic rings. The lowest BCUT2D eigenvalue weighted by Gasteiger charge is -2.45. The maximum atomic E-state index is 10.6. The van der Waals surface area contributed by atoms with Gasteiger partial charge in [0.25, 0.3) is 12.9 Å². The number of carbonyl (C=O) groups excluding carboxylic acids is 2. The third kappa shape index (κ3) is 4.08. The van der Waals surface area contributed by atoms with Gasteiger partial charge in [0.2, 0.25) is 12.6 Å². The zero-order chi connectivity index (χ0) is 18.7. The van der Waals surface area contributed by atoms with Crippen molar-refractivity contribution in [1.29, 1.82) is 0 Å². The summed E-state index contributed by atoms with van der Waals surface area (Å²) in [5, 5.41) is 40.2. The van der Waals surface area contributed by atoms with Crippen LogP contribution in [-0.4, -0.2) is 88.9 Å². The van der Waals surface area contributed by atoms with Crippen LogP contribution in [0.3, 0.4) is 0 Å². The van der Waals surface area contributed by atoms with E-state index in [2.05, 4.69) is 4.74 Å². The Morgan fingerprint density at radius 3 is 1.96 bits per heavy atom. The van der Waals surface area contributed by atoms with E-state index < -0.39 is 61.4 Å². The summed E-state index contributed by atoms with van der Waals surface area (Å²) in [7, 11) is 0. The van der Waals surface area contributed by atoms with Crippen molar-refractivity contribution in [3.63, 3.8) is 0 Å². The second-order valence-corrected chi connectivity index (χ2v) is 5.97. The van der Waals surface area contributed by atoms with Crippen molar-refractivity contribution in [1.82, 2.24) is 0 Å². The van der Waals surface area contributed by atoms with Gasteiger partial charge in [-0.3, -0.25) is 9.59 Å².